The van der Waals surface area contributed by atoms with Gasteiger partial charge in [-0.2, -0.15) is 0 Å². The molecule has 1 aromatic heterocycles. The lowest BCUT2D eigenvalue weighted by molar-refractivity contribution is 0.612. The quantitative estimate of drug-likeness (QED) is 0.611. The molecule has 0 aliphatic heterocycles. The van der Waals surface area contributed by atoms with Gasteiger partial charge >= 0.3 is 0 Å². The van der Waals surface area contributed by atoms with E-state index in [4.69, 9.17) is 4.98 Å². The number of hydrogen-bond acceptors (Lipinski definition) is 1. The predicted molar refractivity (Wildman–Crippen MR) is 93.2 cm³/mol. The monoisotopic (exact) mass is 340 g/mol. The Bertz CT molecular complexity index is 786. The Morgan fingerprint density at radius 3 is 2.48 bits per heavy atom. The Balaban J connectivity index is 2.12. The number of halogens is 1. The lowest BCUT2D eigenvalue weighted by Gasteiger charge is -2.11. The summed E-state index contributed by atoms with van der Waals surface area (Å²) >= 11 is 3.59. The molecule has 0 fully saturated rings. The number of aromatic nitrogens is 2. The zero-order valence-electron chi connectivity index (χ0n) is 12.1. The highest BCUT2D eigenvalue weighted by atomic mass is 79.9. The average molecular weight is 341 g/mol. The number of rotatable bonds is 3. The second kappa shape index (κ2) is 5.86. The maximum Gasteiger partial charge on any atom is 0.134 e. The van der Waals surface area contributed by atoms with E-state index in [9.17, 15) is 0 Å². The van der Waals surface area contributed by atoms with E-state index in [2.05, 4.69) is 70.8 Å². The molecule has 3 heteroatoms. The van der Waals surface area contributed by atoms with E-state index in [1.54, 1.807) is 0 Å². The highest BCUT2D eigenvalue weighted by Gasteiger charge is 2.12. The molecule has 0 atom stereocenters. The largest absolute Gasteiger partial charge is 0.322 e. The lowest BCUT2D eigenvalue weighted by atomic mass is 10.2. The summed E-state index contributed by atoms with van der Waals surface area (Å²) < 4.78 is 3.30. The topological polar surface area (TPSA) is 17.8 Å². The van der Waals surface area contributed by atoms with Crippen LogP contribution in [-0.4, -0.2) is 9.55 Å². The number of nitrogens with zero attached hydrogens (tertiary/aromatic N) is 2. The minimum absolute atomic E-state index is 0.361. The Morgan fingerprint density at radius 1 is 1.00 bits per heavy atom. The van der Waals surface area contributed by atoms with Crippen molar-refractivity contribution in [3.05, 3.63) is 64.4 Å². The summed E-state index contributed by atoms with van der Waals surface area (Å²) in [4.78, 5) is 4.78. The molecule has 0 spiro atoms. The van der Waals surface area contributed by atoms with Crippen LogP contribution < -0.4 is 0 Å². The number of hydrogen-bond donors (Lipinski definition) is 0. The second-order valence-electron chi connectivity index (χ2n) is 5.29. The van der Waals surface area contributed by atoms with Crippen LogP contribution in [0.3, 0.4) is 0 Å². The van der Waals surface area contributed by atoms with E-state index in [1.807, 2.05) is 24.3 Å². The normalized spacial score (nSPS) is 11.8. The first-order chi connectivity index (χ1) is 10.2. The van der Waals surface area contributed by atoms with Crippen LogP contribution >= 0.6 is 15.9 Å². The third-order valence-electron chi connectivity index (χ3n) is 3.44. The fourth-order valence-corrected chi connectivity index (χ4v) is 2.94. The standard InChI is InChI=1S/C18H17BrN2/c1-13(2)21-16-10-6-9-15(19)18(16)20-17(21)12-11-14-7-4-3-5-8-14/h3-13H,1-2H3. The molecule has 106 valence electrons. The molecule has 0 bridgehead atoms. The summed E-state index contributed by atoms with van der Waals surface area (Å²) in [7, 11) is 0. The summed E-state index contributed by atoms with van der Waals surface area (Å²) in [6.07, 6.45) is 4.19. The molecule has 21 heavy (non-hydrogen) atoms. The molecule has 0 aliphatic carbocycles. The minimum Gasteiger partial charge on any atom is -0.322 e. The van der Waals surface area contributed by atoms with Crippen molar-refractivity contribution in [1.82, 2.24) is 9.55 Å². The minimum atomic E-state index is 0.361. The first kappa shape index (κ1) is 14.1. The van der Waals surface area contributed by atoms with E-state index in [1.165, 1.54) is 5.56 Å². The van der Waals surface area contributed by atoms with Crippen molar-refractivity contribution in [3.63, 3.8) is 0 Å². The molecule has 0 amide bonds. The first-order valence-electron chi connectivity index (χ1n) is 7.06. The molecular formula is C18H17BrN2. The molecule has 2 aromatic carbocycles. The molecule has 3 rings (SSSR count). The van der Waals surface area contributed by atoms with Crippen LogP contribution in [0.4, 0.5) is 0 Å². The van der Waals surface area contributed by atoms with Gasteiger partial charge in [0, 0.05) is 10.5 Å². The highest BCUT2D eigenvalue weighted by molar-refractivity contribution is 9.10. The van der Waals surface area contributed by atoms with Crippen LogP contribution in [0.5, 0.6) is 0 Å². The average Bonchev–Trinajstić information content (AvgIpc) is 2.86. The van der Waals surface area contributed by atoms with Crippen LogP contribution in [0.2, 0.25) is 0 Å². The van der Waals surface area contributed by atoms with Gasteiger partial charge in [-0.05, 0) is 53.5 Å². The zero-order chi connectivity index (χ0) is 14.8. The van der Waals surface area contributed by atoms with E-state index < -0.39 is 0 Å². The van der Waals surface area contributed by atoms with Crippen LogP contribution in [-0.2, 0) is 0 Å². The number of fused-ring (bicyclic) bond motifs is 1. The molecule has 1 heterocycles. The van der Waals surface area contributed by atoms with E-state index >= 15 is 0 Å². The van der Waals surface area contributed by atoms with Gasteiger partial charge < -0.3 is 4.57 Å². The Hall–Kier alpha value is -1.87. The molecule has 0 unspecified atom stereocenters. The van der Waals surface area contributed by atoms with Crippen LogP contribution in [0.1, 0.15) is 31.3 Å². The van der Waals surface area contributed by atoms with Gasteiger partial charge in [0.25, 0.3) is 0 Å². The zero-order valence-corrected chi connectivity index (χ0v) is 13.7. The summed E-state index contributed by atoms with van der Waals surface area (Å²) in [5, 5.41) is 0. The second-order valence-corrected chi connectivity index (χ2v) is 6.14. The van der Waals surface area contributed by atoms with Crippen molar-refractivity contribution in [2.75, 3.05) is 0 Å². The third kappa shape index (κ3) is 2.79. The predicted octanol–water partition coefficient (Wildman–Crippen LogP) is 5.55. The summed E-state index contributed by atoms with van der Waals surface area (Å²) in [6.45, 7) is 4.36. The molecule has 0 saturated heterocycles. The van der Waals surface area contributed by atoms with Gasteiger partial charge in [-0.15, -0.1) is 0 Å². The fraction of sp³-hybridized carbons (Fsp3) is 0.167. The van der Waals surface area contributed by atoms with E-state index in [-0.39, 0.29) is 0 Å². The number of imidazole rings is 1. The van der Waals surface area contributed by atoms with Gasteiger partial charge in [-0.1, -0.05) is 42.5 Å². The van der Waals surface area contributed by atoms with Crippen molar-refractivity contribution in [3.8, 4) is 0 Å². The maximum atomic E-state index is 4.78. The van der Waals surface area contributed by atoms with Crippen molar-refractivity contribution < 1.29 is 0 Å². The SMILES string of the molecule is CC(C)n1c(C=Cc2ccccc2)nc2c(Br)cccc21. The Kier molecular flexibility index (Phi) is 3.93. The van der Waals surface area contributed by atoms with Gasteiger partial charge in [-0.3, -0.25) is 0 Å². The maximum absolute atomic E-state index is 4.78. The molecule has 2 nitrogen and oxygen atoms in total. The fourth-order valence-electron chi connectivity index (χ4n) is 2.50. The van der Waals surface area contributed by atoms with E-state index in [0.717, 1.165) is 21.3 Å². The van der Waals surface area contributed by atoms with Gasteiger partial charge in [0.05, 0.1) is 5.52 Å². The van der Waals surface area contributed by atoms with Crippen LogP contribution in [0, 0.1) is 0 Å². The van der Waals surface area contributed by atoms with Gasteiger partial charge in [0.2, 0.25) is 0 Å². The summed E-state index contributed by atoms with van der Waals surface area (Å²) in [6, 6.07) is 16.9. The molecule has 0 aliphatic rings. The van der Waals surface area contributed by atoms with Gasteiger partial charge in [0.15, 0.2) is 0 Å². The summed E-state index contributed by atoms with van der Waals surface area (Å²) in [5.41, 5.74) is 3.35. The van der Waals surface area contributed by atoms with Gasteiger partial charge in [0.1, 0.15) is 11.3 Å². The van der Waals surface area contributed by atoms with Gasteiger partial charge in [-0.25, -0.2) is 4.98 Å². The molecule has 0 saturated carbocycles. The van der Waals surface area contributed by atoms with Crippen molar-refractivity contribution >= 4 is 39.1 Å². The summed E-state index contributed by atoms with van der Waals surface area (Å²) in [5.74, 6) is 0.982. The van der Waals surface area contributed by atoms with Crippen molar-refractivity contribution in [2.45, 2.75) is 19.9 Å². The molecule has 3 aromatic rings. The Morgan fingerprint density at radius 2 is 1.76 bits per heavy atom. The van der Waals surface area contributed by atoms with Crippen molar-refractivity contribution in [1.29, 1.82) is 0 Å². The lowest BCUT2D eigenvalue weighted by Crippen LogP contribution is -2.02. The van der Waals surface area contributed by atoms with Crippen LogP contribution in [0.15, 0.2) is 53.0 Å². The number of para-hydroxylation sites is 1. The van der Waals surface area contributed by atoms with Crippen LogP contribution in [0.25, 0.3) is 23.2 Å². The molecule has 0 radical (unpaired) electrons. The number of benzene rings is 2. The molecular weight excluding hydrogens is 324 g/mol. The first-order valence-corrected chi connectivity index (χ1v) is 7.85. The smallest absolute Gasteiger partial charge is 0.134 e. The van der Waals surface area contributed by atoms with E-state index in [0.29, 0.717) is 6.04 Å². The Labute approximate surface area is 133 Å². The molecule has 0 N–H and O–H groups in total. The highest BCUT2D eigenvalue weighted by Crippen LogP contribution is 2.27. The third-order valence-corrected chi connectivity index (χ3v) is 4.08. The van der Waals surface area contributed by atoms with Crippen molar-refractivity contribution in [2.24, 2.45) is 0 Å².